The highest BCUT2D eigenvalue weighted by atomic mass is 16.5. The molecule has 4 nitrogen and oxygen atoms in total. The Morgan fingerprint density at radius 2 is 2.23 bits per heavy atom. The van der Waals surface area contributed by atoms with Gasteiger partial charge >= 0.3 is 0 Å². The number of Topliss-reactive ketones (excluding diaryl/α,β-unsaturated/α-hetero) is 1. The number of phenolic OH excluding ortho intramolecular Hbond substituents is 1. The SMILES string of the molecule is COc1ccc2c(c1O)C13CC4C(C2)N(C)CCC41CC3=O. The van der Waals surface area contributed by atoms with E-state index < -0.39 is 5.41 Å². The largest absolute Gasteiger partial charge is 0.504 e. The third-order valence-electron chi connectivity index (χ3n) is 7.28. The first-order chi connectivity index (χ1) is 10.5. The summed E-state index contributed by atoms with van der Waals surface area (Å²) in [6.07, 6.45) is 3.63. The van der Waals surface area contributed by atoms with Crippen LogP contribution in [0.4, 0.5) is 0 Å². The van der Waals surface area contributed by atoms with Gasteiger partial charge in [-0.25, -0.2) is 0 Å². The molecule has 5 aliphatic rings. The average Bonchev–Trinajstić information content (AvgIpc) is 2.70. The molecule has 4 unspecified atom stereocenters. The Kier molecular flexibility index (Phi) is 2.16. The lowest BCUT2D eigenvalue weighted by molar-refractivity contribution is -0.212. The first kappa shape index (κ1) is 12.9. The van der Waals surface area contributed by atoms with Gasteiger partial charge in [0.15, 0.2) is 11.5 Å². The second-order valence-corrected chi connectivity index (χ2v) is 7.62. The van der Waals surface area contributed by atoms with Crippen LogP contribution in [0.3, 0.4) is 0 Å². The van der Waals surface area contributed by atoms with Gasteiger partial charge in [-0.1, -0.05) is 6.07 Å². The van der Waals surface area contributed by atoms with Crippen LogP contribution in [0.5, 0.6) is 11.5 Å². The zero-order chi connectivity index (χ0) is 15.3. The number of hydrogen-bond donors (Lipinski definition) is 1. The molecule has 22 heavy (non-hydrogen) atoms. The molecule has 1 aliphatic heterocycles. The van der Waals surface area contributed by atoms with Crippen LogP contribution in [-0.2, 0) is 16.6 Å². The van der Waals surface area contributed by atoms with Gasteiger partial charge in [0.1, 0.15) is 5.78 Å². The van der Waals surface area contributed by atoms with Crippen molar-refractivity contribution < 1.29 is 14.6 Å². The van der Waals surface area contributed by atoms with Crippen molar-refractivity contribution in [2.45, 2.75) is 37.1 Å². The van der Waals surface area contributed by atoms with Crippen molar-refractivity contribution in [3.63, 3.8) is 0 Å². The number of rotatable bonds is 1. The smallest absolute Gasteiger partial charge is 0.162 e. The summed E-state index contributed by atoms with van der Waals surface area (Å²) < 4.78 is 5.32. The topological polar surface area (TPSA) is 49.8 Å². The maximum atomic E-state index is 12.7. The van der Waals surface area contributed by atoms with Crippen LogP contribution in [-0.4, -0.2) is 42.5 Å². The average molecular weight is 299 g/mol. The van der Waals surface area contributed by atoms with Crippen LogP contribution < -0.4 is 4.74 Å². The Morgan fingerprint density at radius 3 is 2.95 bits per heavy atom. The number of carbonyl (C=O) groups is 1. The zero-order valence-corrected chi connectivity index (χ0v) is 13.1. The fourth-order valence-corrected chi connectivity index (χ4v) is 6.20. The van der Waals surface area contributed by atoms with Gasteiger partial charge in [0, 0.05) is 18.0 Å². The summed E-state index contributed by atoms with van der Waals surface area (Å²) in [6.45, 7) is 1.06. The summed E-state index contributed by atoms with van der Waals surface area (Å²) in [4.78, 5) is 15.2. The molecule has 0 radical (unpaired) electrons. The molecule has 1 N–H and O–H groups in total. The fraction of sp³-hybridized carbons (Fsp3) is 0.611. The molecule has 4 aliphatic carbocycles. The van der Waals surface area contributed by atoms with Crippen molar-refractivity contribution in [3.8, 4) is 11.5 Å². The minimum atomic E-state index is -0.415. The quantitative estimate of drug-likeness (QED) is 0.860. The van der Waals surface area contributed by atoms with Crippen LogP contribution in [0, 0.1) is 11.3 Å². The molecule has 3 fully saturated rings. The van der Waals surface area contributed by atoms with Crippen molar-refractivity contribution in [2.24, 2.45) is 11.3 Å². The predicted octanol–water partition coefficient (Wildman–Crippen LogP) is 1.88. The molecule has 2 saturated carbocycles. The van der Waals surface area contributed by atoms with Gasteiger partial charge in [-0.05, 0) is 55.8 Å². The summed E-state index contributed by atoms with van der Waals surface area (Å²) in [5, 5.41) is 10.8. The van der Waals surface area contributed by atoms with Crippen LogP contribution >= 0.6 is 0 Å². The lowest BCUT2D eigenvalue weighted by Crippen LogP contribution is -2.78. The minimum Gasteiger partial charge on any atom is -0.504 e. The van der Waals surface area contributed by atoms with Crippen LogP contribution in [0.15, 0.2) is 12.1 Å². The molecule has 4 heteroatoms. The molecule has 6 rings (SSSR count). The number of phenols is 1. The fourth-order valence-electron chi connectivity index (χ4n) is 6.20. The monoisotopic (exact) mass is 299 g/mol. The lowest BCUT2D eigenvalue weighted by atomic mass is 9.29. The van der Waals surface area contributed by atoms with Crippen molar-refractivity contribution in [2.75, 3.05) is 20.7 Å². The maximum Gasteiger partial charge on any atom is 0.162 e. The summed E-state index contributed by atoms with van der Waals surface area (Å²) in [5.74, 6) is 1.64. The van der Waals surface area contributed by atoms with E-state index in [-0.39, 0.29) is 11.2 Å². The molecule has 0 amide bonds. The summed E-state index contributed by atoms with van der Waals surface area (Å²) in [6, 6.07) is 4.41. The van der Waals surface area contributed by atoms with Gasteiger partial charge in [0.2, 0.25) is 0 Å². The van der Waals surface area contributed by atoms with E-state index in [0.717, 1.165) is 36.9 Å². The van der Waals surface area contributed by atoms with Crippen LogP contribution in [0.25, 0.3) is 0 Å². The molecule has 1 aromatic carbocycles. The van der Waals surface area contributed by atoms with Crippen molar-refractivity contribution in [3.05, 3.63) is 23.3 Å². The first-order valence-corrected chi connectivity index (χ1v) is 8.18. The predicted molar refractivity (Wildman–Crippen MR) is 81.2 cm³/mol. The number of ketones is 1. The van der Waals surface area contributed by atoms with Crippen molar-refractivity contribution in [1.82, 2.24) is 4.90 Å². The number of benzene rings is 1. The first-order valence-electron chi connectivity index (χ1n) is 8.18. The van der Waals surface area contributed by atoms with E-state index in [1.807, 2.05) is 6.07 Å². The summed E-state index contributed by atoms with van der Waals surface area (Å²) >= 11 is 0. The van der Waals surface area contributed by atoms with Gasteiger partial charge in [-0.2, -0.15) is 0 Å². The van der Waals surface area contributed by atoms with E-state index in [1.54, 1.807) is 7.11 Å². The highest BCUT2D eigenvalue weighted by Gasteiger charge is 2.80. The highest BCUT2D eigenvalue weighted by molar-refractivity contribution is 6.02. The molecule has 4 atom stereocenters. The van der Waals surface area contributed by atoms with E-state index in [2.05, 4.69) is 18.0 Å². The Bertz CT molecular complexity index is 715. The van der Waals surface area contributed by atoms with Gasteiger partial charge in [0.25, 0.3) is 0 Å². The second-order valence-electron chi connectivity index (χ2n) is 7.62. The van der Waals surface area contributed by atoms with E-state index in [4.69, 9.17) is 4.74 Å². The molecule has 4 bridgehead atoms. The number of likely N-dealkylation sites (tertiary alicyclic amines) is 1. The maximum absolute atomic E-state index is 12.7. The number of likely N-dealkylation sites (N-methyl/N-ethyl adjacent to an activating group) is 1. The normalized spacial score (nSPS) is 41.6. The van der Waals surface area contributed by atoms with E-state index in [0.29, 0.717) is 29.9 Å². The Hall–Kier alpha value is -1.55. The molecule has 1 heterocycles. The Morgan fingerprint density at radius 1 is 1.41 bits per heavy atom. The third-order valence-corrected chi connectivity index (χ3v) is 7.28. The molecular formula is C18H21NO3. The van der Waals surface area contributed by atoms with Gasteiger partial charge < -0.3 is 14.7 Å². The van der Waals surface area contributed by atoms with Crippen LogP contribution in [0.2, 0.25) is 0 Å². The van der Waals surface area contributed by atoms with Gasteiger partial charge in [0.05, 0.1) is 12.5 Å². The third kappa shape index (κ3) is 1.07. The van der Waals surface area contributed by atoms with E-state index in [1.165, 1.54) is 0 Å². The Balaban J connectivity index is 1.80. The number of hydrogen-bond acceptors (Lipinski definition) is 4. The lowest BCUT2D eigenvalue weighted by Gasteiger charge is -2.74. The molecule has 1 saturated heterocycles. The highest BCUT2D eigenvalue weighted by Crippen LogP contribution is 2.78. The molecule has 0 aromatic heterocycles. The van der Waals surface area contributed by atoms with E-state index >= 15 is 0 Å². The molecule has 2 spiro atoms. The molecule has 1 aromatic rings. The number of methoxy groups -OCH3 is 1. The standard InChI is InChI=1S/C18H21NO3/c1-19-6-5-17-9-14(20)18(17)8-11(17)12(19)7-10-3-4-13(22-2)16(21)15(10)18/h3-4,11-12,21H,5-9H2,1-2H3. The molecular weight excluding hydrogens is 278 g/mol. The summed E-state index contributed by atoms with van der Waals surface area (Å²) in [7, 11) is 3.77. The number of piperidine rings is 1. The number of nitrogens with zero attached hydrogens (tertiary/aromatic N) is 1. The van der Waals surface area contributed by atoms with Crippen LogP contribution in [0.1, 0.15) is 30.4 Å². The molecule has 116 valence electrons. The van der Waals surface area contributed by atoms with Crippen molar-refractivity contribution >= 4 is 5.78 Å². The zero-order valence-electron chi connectivity index (χ0n) is 13.1. The van der Waals surface area contributed by atoms with Crippen molar-refractivity contribution in [1.29, 1.82) is 0 Å². The minimum absolute atomic E-state index is 0.107. The Labute approximate surface area is 130 Å². The number of carbonyl (C=O) groups excluding carboxylic acids is 1. The van der Waals surface area contributed by atoms with Gasteiger partial charge in [-0.3, -0.25) is 4.79 Å². The van der Waals surface area contributed by atoms with Gasteiger partial charge in [-0.15, -0.1) is 0 Å². The van der Waals surface area contributed by atoms with E-state index in [9.17, 15) is 9.90 Å². The number of ether oxygens (including phenoxy) is 1. The number of aromatic hydroxyl groups is 1. The summed E-state index contributed by atoms with van der Waals surface area (Å²) in [5.41, 5.74) is 1.74. The second kappa shape index (κ2) is 3.67.